The lowest BCUT2D eigenvalue weighted by molar-refractivity contribution is -0.161. The van der Waals surface area contributed by atoms with Gasteiger partial charge < -0.3 is 19.7 Å². The molecule has 4 rings (SSSR count). The summed E-state index contributed by atoms with van der Waals surface area (Å²) in [6.45, 7) is 2.30. The molecule has 6 nitrogen and oxygen atoms in total. The van der Waals surface area contributed by atoms with Gasteiger partial charge in [-0.3, -0.25) is 9.59 Å². The summed E-state index contributed by atoms with van der Waals surface area (Å²) in [6, 6.07) is 17.1. The number of carboxylic acid groups (broad SMARTS) is 1. The fourth-order valence-electron chi connectivity index (χ4n) is 4.51. The van der Waals surface area contributed by atoms with E-state index in [9.17, 15) is 19.8 Å². The molecule has 2 N–H and O–H groups in total. The second kappa shape index (κ2) is 7.61. The second-order valence-corrected chi connectivity index (χ2v) is 8.31. The highest BCUT2D eigenvalue weighted by atomic mass is 16.4. The minimum Gasteiger partial charge on any atom is -0.481 e. The van der Waals surface area contributed by atoms with Crippen molar-refractivity contribution in [2.24, 2.45) is 12.5 Å². The molecule has 1 aliphatic rings. The van der Waals surface area contributed by atoms with E-state index in [1.165, 1.54) is 0 Å². The van der Waals surface area contributed by atoms with Gasteiger partial charge in [0.2, 0.25) is 0 Å². The van der Waals surface area contributed by atoms with E-state index < -0.39 is 17.5 Å². The van der Waals surface area contributed by atoms with E-state index >= 15 is 0 Å². The van der Waals surface area contributed by atoms with Crippen LogP contribution in [0.5, 0.6) is 0 Å². The molecule has 3 aromatic rings. The molecule has 0 spiro atoms. The molecule has 0 saturated carbocycles. The number of carboxylic acids is 1. The van der Waals surface area contributed by atoms with Crippen LogP contribution < -0.4 is 0 Å². The largest absolute Gasteiger partial charge is 0.481 e. The summed E-state index contributed by atoms with van der Waals surface area (Å²) >= 11 is 0. The van der Waals surface area contributed by atoms with E-state index in [0.717, 1.165) is 22.0 Å². The van der Waals surface area contributed by atoms with Gasteiger partial charge >= 0.3 is 5.97 Å². The summed E-state index contributed by atoms with van der Waals surface area (Å²) < 4.78 is 1.85. The Morgan fingerprint density at radius 3 is 2.57 bits per heavy atom. The first-order valence-corrected chi connectivity index (χ1v) is 10.1. The highest BCUT2D eigenvalue weighted by Gasteiger charge is 2.50. The number of rotatable bonds is 4. The molecule has 2 aromatic carbocycles. The number of aliphatic hydroxyl groups is 1. The van der Waals surface area contributed by atoms with Crippen LogP contribution in [0.3, 0.4) is 0 Å². The smallest absolute Gasteiger partial charge is 0.314 e. The molecule has 30 heavy (non-hydrogen) atoms. The quantitative estimate of drug-likeness (QED) is 0.698. The molecular weight excluding hydrogens is 380 g/mol. The molecule has 1 saturated heterocycles. The van der Waals surface area contributed by atoms with Crippen molar-refractivity contribution in [2.75, 3.05) is 13.1 Å². The van der Waals surface area contributed by atoms with E-state index in [2.05, 4.69) is 0 Å². The zero-order valence-electron chi connectivity index (χ0n) is 17.2. The fraction of sp³-hybridized carbons (Fsp3) is 0.333. The van der Waals surface area contributed by atoms with Crippen LogP contribution in [-0.2, 0) is 18.3 Å². The van der Waals surface area contributed by atoms with Crippen LogP contribution >= 0.6 is 0 Å². The van der Waals surface area contributed by atoms with Gasteiger partial charge in [-0.2, -0.15) is 0 Å². The Kier molecular flexibility index (Phi) is 5.12. The molecule has 0 radical (unpaired) electrons. The lowest BCUT2D eigenvalue weighted by Crippen LogP contribution is -2.58. The number of fused-ring (bicyclic) bond motifs is 1. The molecule has 1 fully saturated rings. The number of hydrogen-bond acceptors (Lipinski definition) is 3. The van der Waals surface area contributed by atoms with Crippen LogP contribution in [0, 0.1) is 12.3 Å². The lowest BCUT2D eigenvalue weighted by Gasteiger charge is -2.43. The Hall–Kier alpha value is -3.12. The summed E-state index contributed by atoms with van der Waals surface area (Å²) in [5, 5.41) is 21.8. The Morgan fingerprint density at radius 1 is 1.13 bits per heavy atom. The average Bonchev–Trinajstić information content (AvgIpc) is 3.05. The van der Waals surface area contributed by atoms with Gasteiger partial charge in [0, 0.05) is 31.0 Å². The first-order valence-electron chi connectivity index (χ1n) is 10.1. The first-order chi connectivity index (χ1) is 14.3. The Bertz CT molecular complexity index is 1110. The van der Waals surface area contributed by atoms with E-state index in [1.807, 2.05) is 73.1 Å². The number of benzene rings is 2. The third-order valence-corrected chi connectivity index (χ3v) is 6.28. The molecule has 1 aliphatic heterocycles. The number of amides is 1. The molecule has 2 atom stereocenters. The van der Waals surface area contributed by atoms with Crippen molar-refractivity contribution >= 4 is 22.8 Å². The number of aliphatic hydroxyl groups excluding tert-OH is 1. The van der Waals surface area contributed by atoms with E-state index in [1.54, 1.807) is 4.90 Å². The maximum Gasteiger partial charge on any atom is 0.314 e. The van der Waals surface area contributed by atoms with Gasteiger partial charge in [-0.05, 0) is 43.5 Å². The van der Waals surface area contributed by atoms with Crippen molar-refractivity contribution in [3.05, 3.63) is 71.4 Å². The van der Waals surface area contributed by atoms with Gasteiger partial charge in [0.05, 0.1) is 6.10 Å². The number of aromatic nitrogens is 1. The SMILES string of the molecule is Cc1ccc2c(c1)cc(C(=O)N1CC[C@@H](O)[C@](Cc3ccccc3)(C(=O)O)C1)n2C. The van der Waals surface area contributed by atoms with Crippen LogP contribution in [-0.4, -0.2) is 50.8 Å². The normalized spacial score (nSPS) is 21.7. The number of nitrogens with zero attached hydrogens (tertiary/aromatic N) is 2. The summed E-state index contributed by atoms with van der Waals surface area (Å²) in [4.78, 5) is 27.3. The van der Waals surface area contributed by atoms with Crippen LogP contribution in [0.2, 0.25) is 0 Å². The molecule has 6 heteroatoms. The fourth-order valence-corrected chi connectivity index (χ4v) is 4.51. The van der Waals surface area contributed by atoms with E-state index in [4.69, 9.17) is 0 Å². The van der Waals surface area contributed by atoms with Gasteiger partial charge in [-0.15, -0.1) is 0 Å². The van der Waals surface area contributed by atoms with Gasteiger partial charge in [0.1, 0.15) is 11.1 Å². The van der Waals surface area contributed by atoms with Crippen molar-refractivity contribution in [3.8, 4) is 0 Å². The van der Waals surface area contributed by atoms with Crippen LogP contribution in [0.15, 0.2) is 54.6 Å². The molecular formula is C24H26N2O4. The number of carbonyl (C=O) groups excluding carboxylic acids is 1. The molecule has 156 valence electrons. The van der Waals surface area contributed by atoms with Gasteiger partial charge in [0.15, 0.2) is 0 Å². The van der Waals surface area contributed by atoms with Crippen molar-refractivity contribution in [1.29, 1.82) is 0 Å². The van der Waals surface area contributed by atoms with Crippen LogP contribution in [0.1, 0.15) is 28.0 Å². The van der Waals surface area contributed by atoms with Crippen molar-refractivity contribution in [1.82, 2.24) is 9.47 Å². The average molecular weight is 406 g/mol. The Morgan fingerprint density at radius 2 is 1.87 bits per heavy atom. The minimum atomic E-state index is -1.43. The van der Waals surface area contributed by atoms with Crippen LogP contribution in [0.4, 0.5) is 0 Å². The van der Waals surface area contributed by atoms with E-state index in [0.29, 0.717) is 12.2 Å². The van der Waals surface area contributed by atoms with Crippen molar-refractivity contribution in [2.45, 2.75) is 25.9 Å². The highest BCUT2D eigenvalue weighted by molar-refractivity contribution is 5.99. The zero-order chi connectivity index (χ0) is 21.5. The third kappa shape index (κ3) is 3.37. The Labute approximate surface area is 175 Å². The predicted molar refractivity (Wildman–Crippen MR) is 114 cm³/mol. The molecule has 1 amide bonds. The molecule has 0 bridgehead atoms. The molecule has 1 aromatic heterocycles. The van der Waals surface area contributed by atoms with Crippen molar-refractivity contribution < 1.29 is 19.8 Å². The monoisotopic (exact) mass is 406 g/mol. The molecule has 0 aliphatic carbocycles. The third-order valence-electron chi connectivity index (χ3n) is 6.28. The summed E-state index contributed by atoms with van der Waals surface area (Å²) in [6.07, 6.45) is -0.620. The minimum absolute atomic E-state index is 0.0300. The number of aryl methyl sites for hydroxylation is 2. The molecule has 2 heterocycles. The number of piperidine rings is 1. The topological polar surface area (TPSA) is 82.8 Å². The second-order valence-electron chi connectivity index (χ2n) is 8.31. The van der Waals surface area contributed by atoms with Crippen LogP contribution in [0.25, 0.3) is 10.9 Å². The number of aliphatic carboxylic acids is 1. The predicted octanol–water partition coefficient (Wildman–Crippen LogP) is 3.01. The number of hydrogen-bond donors (Lipinski definition) is 2. The summed E-state index contributed by atoms with van der Waals surface area (Å²) in [5.74, 6) is -1.29. The Balaban J connectivity index is 1.67. The van der Waals surface area contributed by atoms with Crippen molar-refractivity contribution in [3.63, 3.8) is 0 Å². The van der Waals surface area contributed by atoms with Gasteiger partial charge in [-0.25, -0.2) is 0 Å². The first kappa shape index (κ1) is 20.2. The number of likely N-dealkylation sites (tertiary alicyclic amines) is 1. The number of carbonyl (C=O) groups is 2. The van der Waals surface area contributed by atoms with Gasteiger partial charge in [-0.1, -0.05) is 42.0 Å². The van der Waals surface area contributed by atoms with E-state index in [-0.39, 0.29) is 25.3 Å². The standard InChI is InChI=1S/C24H26N2O4/c1-16-8-9-19-18(12-16)13-20(25(19)2)22(28)26-11-10-21(27)24(15-26,23(29)30)14-17-6-4-3-5-7-17/h3-9,12-13,21,27H,10-11,14-15H2,1-2H3,(H,29,30)/t21-,24-/m1/s1. The zero-order valence-corrected chi connectivity index (χ0v) is 17.2. The molecule has 0 unspecified atom stereocenters. The van der Waals surface area contributed by atoms with Gasteiger partial charge in [0.25, 0.3) is 5.91 Å². The maximum atomic E-state index is 13.4. The summed E-state index contributed by atoms with van der Waals surface area (Å²) in [5.41, 5.74) is 1.98. The lowest BCUT2D eigenvalue weighted by atomic mass is 9.72. The highest BCUT2D eigenvalue weighted by Crippen LogP contribution is 2.35. The maximum absolute atomic E-state index is 13.4. The summed E-state index contributed by atoms with van der Waals surface area (Å²) in [7, 11) is 1.85.